The van der Waals surface area contributed by atoms with Gasteiger partial charge in [-0.3, -0.25) is 4.79 Å². The molecule has 2 rings (SSSR count). The second-order valence-corrected chi connectivity index (χ2v) is 4.87. The molecule has 2 heteroatoms. The van der Waals surface area contributed by atoms with Crippen LogP contribution in [0.1, 0.15) is 35.7 Å². The van der Waals surface area contributed by atoms with Crippen molar-refractivity contribution in [2.24, 2.45) is 0 Å². The van der Waals surface area contributed by atoms with Gasteiger partial charge in [0.2, 0.25) is 0 Å². The quantitative estimate of drug-likeness (QED) is 0.598. The first kappa shape index (κ1) is 14.3. The maximum atomic E-state index is 11.5. The summed E-state index contributed by atoms with van der Waals surface area (Å²) in [7, 11) is 0. The van der Waals surface area contributed by atoms with Crippen LogP contribution < -0.4 is 5.32 Å². The van der Waals surface area contributed by atoms with E-state index in [1.807, 2.05) is 37.3 Å². The van der Waals surface area contributed by atoms with Crippen LogP contribution in [0.2, 0.25) is 0 Å². The molecule has 0 aromatic heterocycles. The Balaban J connectivity index is 1.75. The Morgan fingerprint density at radius 1 is 1.00 bits per heavy atom. The number of ketones is 1. The van der Waals surface area contributed by atoms with E-state index in [1.165, 1.54) is 5.56 Å². The lowest BCUT2D eigenvalue weighted by Crippen LogP contribution is -2.03. The summed E-state index contributed by atoms with van der Waals surface area (Å²) in [4.78, 5) is 11.5. The standard InChI is InChI=1S/C18H21NO/c1-2-18(20)16-10-12-17(13-11-16)19-14-6-9-15-7-4-3-5-8-15/h3-5,7-8,10-13,19H,2,6,9,14H2,1H3. The molecule has 104 valence electrons. The average Bonchev–Trinajstić information content (AvgIpc) is 2.52. The van der Waals surface area contributed by atoms with Crippen LogP contribution in [-0.4, -0.2) is 12.3 Å². The largest absolute Gasteiger partial charge is 0.385 e. The predicted molar refractivity (Wildman–Crippen MR) is 84.3 cm³/mol. The highest BCUT2D eigenvalue weighted by atomic mass is 16.1. The summed E-state index contributed by atoms with van der Waals surface area (Å²) < 4.78 is 0. The molecule has 1 N–H and O–H groups in total. The van der Waals surface area contributed by atoms with Crippen molar-refractivity contribution in [2.75, 3.05) is 11.9 Å². The van der Waals surface area contributed by atoms with Crippen molar-refractivity contribution in [3.63, 3.8) is 0 Å². The first-order valence-corrected chi connectivity index (χ1v) is 7.20. The van der Waals surface area contributed by atoms with E-state index in [-0.39, 0.29) is 5.78 Å². The summed E-state index contributed by atoms with van der Waals surface area (Å²) in [6, 6.07) is 18.3. The third-order valence-electron chi connectivity index (χ3n) is 3.34. The van der Waals surface area contributed by atoms with Crippen LogP contribution in [0.3, 0.4) is 0 Å². The van der Waals surface area contributed by atoms with Crippen LogP contribution in [0.25, 0.3) is 0 Å². The Kier molecular flexibility index (Phi) is 5.36. The molecule has 0 aliphatic rings. The van der Waals surface area contributed by atoms with Crippen molar-refractivity contribution in [3.05, 3.63) is 65.7 Å². The van der Waals surface area contributed by atoms with E-state index >= 15 is 0 Å². The molecule has 0 heterocycles. The van der Waals surface area contributed by atoms with Crippen molar-refractivity contribution < 1.29 is 4.79 Å². The van der Waals surface area contributed by atoms with E-state index in [0.29, 0.717) is 6.42 Å². The van der Waals surface area contributed by atoms with Crippen molar-refractivity contribution in [1.82, 2.24) is 0 Å². The van der Waals surface area contributed by atoms with E-state index in [1.54, 1.807) is 0 Å². The maximum Gasteiger partial charge on any atom is 0.162 e. The van der Waals surface area contributed by atoms with E-state index in [0.717, 1.165) is 30.6 Å². The van der Waals surface area contributed by atoms with E-state index < -0.39 is 0 Å². The minimum Gasteiger partial charge on any atom is -0.385 e. The highest BCUT2D eigenvalue weighted by Gasteiger charge is 2.01. The van der Waals surface area contributed by atoms with Crippen molar-refractivity contribution >= 4 is 11.5 Å². The van der Waals surface area contributed by atoms with Gasteiger partial charge in [-0.25, -0.2) is 0 Å². The van der Waals surface area contributed by atoms with Crippen molar-refractivity contribution in [1.29, 1.82) is 0 Å². The van der Waals surface area contributed by atoms with Gasteiger partial charge in [0, 0.05) is 24.2 Å². The Morgan fingerprint density at radius 2 is 1.70 bits per heavy atom. The molecule has 0 fully saturated rings. The highest BCUT2D eigenvalue weighted by Crippen LogP contribution is 2.11. The SMILES string of the molecule is CCC(=O)c1ccc(NCCCc2ccccc2)cc1. The second kappa shape index (κ2) is 7.49. The molecule has 2 nitrogen and oxygen atoms in total. The zero-order chi connectivity index (χ0) is 14.2. The molecule has 0 aliphatic heterocycles. The summed E-state index contributed by atoms with van der Waals surface area (Å²) in [5, 5.41) is 3.39. The molecule has 0 unspecified atom stereocenters. The molecule has 0 bridgehead atoms. The van der Waals surface area contributed by atoms with Crippen molar-refractivity contribution in [3.8, 4) is 0 Å². The molecule has 0 saturated heterocycles. The van der Waals surface area contributed by atoms with Gasteiger partial charge in [0.05, 0.1) is 0 Å². The smallest absolute Gasteiger partial charge is 0.162 e. The minimum absolute atomic E-state index is 0.195. The zero-order valence-corrected chi connectivity index (χ0v) is 11.9. The fourth-order valence-electron chi connectivity index (χ4n) is 2.15. The minimum atomic E-state index is 0.195. The molecule has 0 amide bonds. The van der Waals surface area contributed by atoms with Gasteiger partial charge < -0.3 is 5.32 Å². The van der Waals surface area contributed by atoms with Crippen LogP contribution in [0, 0.1) is 0 Å². The van der Waals surface area contributed by atoms with Gasteiger partial charge in [-0.05, 0) is 42.7 Å². The third-order valence-corrected chi connectivity index (χ3v) is 3.34. The summed E-state index contributed by atoms with van der Waals surface area (Å²) in [6.07, 6.45) is 2.74. The average molecular weight is 267 g/mol. The number of benzene rings is 2. The molecule has 0 aliphatic carbocycles. The number of Topliss-reactive ketones (excluding diaryl/α,β-unsaturated/α-hetero) is 1. The number of anilines is 1. The number of hydrogen-bond acceptors (Lipinski definition) is 2. The topological polar surface area (TPSA) is 29.1 Å². The number of nitrogens with one attached hydrogen (secondary N) is 1. The van der Waals surface area contributed by atoms with Crippen molar-refractivity contribution in [2.45, 2.75) is 26.2 Å². The van der Waals surface area contributed by atoms with Gasteiger partial charge in [0.15, 0.2) is 5.78 Å². The Bertz CT molecular complexity index is 531. The highest BCUT2D eigenvalue weighted by molar-refractivity contribution is 5.96. The molecule has 0 spiro atoms. The van der Waals surface area contributed by atoms with Crippen LogP contribution in [0.15, 0.2) is 54.6 Å². The maximum absolute atomic E-state index is 11.5. The Labute approximate surface area is 120 Å². The summed E-state index contributed by atoms with van der Waals surface area (Å²) in [5.41, 5.74) is 3.24. The first-order chi connectivity index (χ1) is 9.79. The zero-order valence-electron chi connectivity index (χ0n) is 11.9. The number of hydrogen-bond donors (Lipinski definition) is 1. The third kappa shape index (κ3) is 4.23. The van der Waals surface area contributed by atoms with Crippen LogP contribution in [-0.2, 0) is 6.42 Å². The number of aryl methyl sites for hydroxylation is 1. The summed E-state index contributed by atoms with van der Waals surface area (Å²) in [6.45, 7) is 2.83. The molecule has 0 atom stereocenters. The van der Waals surface area contributed by atoms with Crippen LogP contribution >= 0.6 is 0 Å². The lowest BCUT2D eigenvalue weighted by molar-refractivity contribution is 0.0988. The van der Waals surface area contributed by atoms with Gasteiger partial charge >= 0.3 is 0 Å². The fraction of sp³-hybridized carbons (Fsp3) is 0.278. The molecule has 20 heavy (non-hydrogen) atoms. The Hall–Kier alpha value is -2.09. The normalized spacial score (nSPS) is 10.2. The molecule has 0 saturated carbocycles. The number of carbonyl (C=O) groups excluding carboxylic acids is 1. The monoisotopic (exact) mass is 267 g/mol. The molecule has 0 radical (unpaired) electrons. The van der Waals surface area contributed by atoms with Crippen LogP contribution in [0.4, 0.5) is 5.69 Å². The first-order valence-electron chi connectivity index (χ1n) is 7.20. The van der Waals surface area contributed by atoms with Gasteiger partial charge in [-0.2, -0.15) is 0 Å². The predicted octanol–water partition coefficient (Wildman–Crippen LogP) is 4.32. The van der Waals surface area contributed by atoms with Gasteiger partial charge in [0.1, 0.15) is 0 Å². The fourth-order valence-corrected chi connectivity index (χ4v) is 2.15. The number of carbonyl (C=O) groups is 1. The molecular formula is C18H21NO. The van der Waals surface area contributed by atoms with E-state index in [2.05, 4.69) is 29.6 Å². The molecule has 2 aromatic rings. The molecule has 2 aromatic carbocycles. The Morgan fingerprint density at radius 3 is 2.35 bits per heavy atom. The molecular weight excluding hydrogens is 246 g/mol. The number of rotatable bonds is 7. The van der Waals surface area contributed by atoms with E-state index in [4.69, 9.17) is 0 Å². The second-order valence-electron chi connectivity index (χ2n) is 4.87. The van der Waals surface area contributed by atoms with E-state index in [9.17, 15) is 4.79 Å². The van der Waals surface area contributed by atoms with Gasteiger partial charge in [-0.15, -0.1) is 0 Å². The van der Waals surface area contributed by atoms with Gasteiger partial charge in [-0.1, -0.05) is 37.3 Å². The lowest BCUT2D eigenvalue weighted by Gasteiger charge is -2.07. The van der Waals surface area contributed by atoms with Gasteiger partial charge in [0.25, 0.3) is 0 Å². The summed E-state index contributed by atoms with van der Waals surface area (Å²) >= 11 is 0. The lowest BCUT2D eigenvalue weighted by atomic mass is 10.1. The summed E-state index contributed by atoms with van der Waals surface area (Å²) in [5.74, 6) is 0.195. The van der Waals surface area contributed by atoms with Crippen LogP contribution in [0.5, 0.6) is 0 Å².